The van der Waals surface area contributed by atoms with E-state index in [1.165, 1.54) is 4.90 Å². The van der Waals surface area contributed by atoms with Crippen LogP contribution in [-0.4, -0.2) is 35.9 Å². The minimum atomic E-state index is -0.650. The highest BCUT2D eigenvalue weighted by Gasteiger charge is 2.29. The molecular formula is C21H23Cl3N2O3. The number of rotatable bonds is 9. The van der Waals surface area contributed by atoms with Crippen LogP contribution in [0.1, 0.15) is 25.8 Å². The maximum absolute atomic E-state index is 13.0. The first-order valence-corrected chi connectivity index (χ1v) is 10.4. The van der Waals surface area contributed by atoms with Crippen molar-refractivity contribution >= 4 is 46.6 Å². The van der Waals surface area contributed by atoms with Gasteiger partial charge in [-0.1, -0.05) is 47.8 Å². The highest BCUT2D eigenvalue weighted by atomic mass is 35.5. The molecule has 0 spiro atoms. The number of carbonyl (C=O) groups is 2. The van der Waals surface area contributed by atoms with Gasteiger partial charge >= 0.3 is 0 Å². The molecule has 1 N–H and O–H groups in total. The second-order valence-electron chi connectivity index (χ2n) is 6.32. The van der Waals surface area contributed by atoms with Crippen LogP contribution in [0.5, 0.6) is 5.75 Å². The summed E-state index contributed by atoms with van der Waals surface area (Å²) in [5.74, 6) is -0.0396. The molecule has 5 nitrogen and oxygen atoms in total. The Morgan fingerprint density at radius 3 is 2.28 bits per heavy atom. The molecular weight excluding hydrogens is 435 g/mol. The molecule has 2 rings (SSSR count). The fourth-order valence-electron chi connectivity index (χ4n) is 2.80. The highest BCUT2D eigenvalue weighted by molar-refractivity contribution is 6.35. The van der Waals surface area contributed by atoms with E-state index in [-0.39, 0.29) is 25.0 Å². The lowest BCUT2D eigenvalue weighted by Crippen LogP contribution is -2.50. The molecule has 8 heteroatoms. The molecule has 0 fully saturated rings. The fourth-order valence-corrected chi connectivity index (χ4v) is 3.40. The zero-order valence-electron chi connectivity index (χ0n) is 16.3. The molecule has 156 valence electrons. The van der Waals surface area contributed by atoms with Crippen LogP contribution in [0.2, 0.25) is 15.1 Å². The lowest BCUT2D eigenvalue weighted by atomic mass is 10.1. The monoisotopic (exact) mass is 456 g/mol. The quantitative estimate of drug-likeness (QED) is 0.578. The summed E-state index contributed by atoms with van der Waals surface area (Å²) in [7, 11) is 0. The molecule has 2 aromatic rings. The van der Waals surface area contributed by atoms with Gasteiger partial charge in [-0.3, -0.25) is 9.59 Å². The molecule has 0 radical (unpaired) electrons. The Kier molecular flexibility index (Phi) is 9.08. The van der Waals surface area contributed by atoms with Gasteiger partial charge < -0.3 is 15.0 Å². The van der Waals surface area contributed by atoms with E-state index >= 15 is 0 Å². The van der Waals surface area contributed by atoms with Crippen LogP contribution < -0.4 is 10.1 Å². The van der Waals surface area contributed by atoms with E-state index in [0.717, 1.165) is 0 Å². The summed E-state index contributed by atoms with van der Waals surface area (Å²) < 4.78 is 5.59. The van der Waals surface area contributed by atoms with Gasteiger partial charge in [0.2, 0.25) is 5.91 Å². The topological polar surface area (TPSA) is 58.6 Å². The fraction of sp³-hybridized carbons (Fsp3) is 0.333. The number of nitrogens with zero attached hydrogens (tertiary/aromatic N) is 1. The van der Waals surface area contributed by atoms with Crippen LogP contribution in [0.3, 0.4) is 0 Å². The number of hydrogen-bond acceptors (Lipinski definition) is 3. The molecule has 0 saturated carbocycles. The first-order valence-electron chi connectivity index (χ1n) is 9.25. The van der Waals surface area contributed by atoms with Crippen molar-refractivity contribution in [3.05, 3.63) is 63.1 Å². The third-order valence-electron chi connectivity index (χ3n) is 4.27. The predicted molar refractivity (Wildman–Crippen MR) is 117 cm³/mol. The average Bonchev–Trinajstić information content (AvgIpc) is 2.69. The Labute approximate surface area is 185 Å². The van der Waals surface area contributed by atoms with Crippen molar-refractivity contribution in [2.45, 2.75) is 32.9 Å². The van der Waals surface area contributed by atoms with Gasteiger partial charge in [0.25, 0.3) is 5.91 Å². The van der Waals surface area contributed by atoms with Crippen molar-refractivity contribution in [2.24, 2.45) is 0 Å². The van der Waals surface area contributed by atoms with Crippen LogP contribution in [0.4, 0.5) is 0 Å². The van der Waals surface area contributed by atoms with E-state index in [1.807, 2.05) is 13.8 Å². The largest absolute Gasteiger partial charge is 0.484 e. The standard InChI is InChI=1S/C21H23Cl3N2O3/c1-3-19(21(28)25-4-2)26(12-14-5-6-16(23)11-18(14)24)20(27)13-29-17-9-7-15(22)8-10-17/h5-11,19H,3-4,12-13H2,1-2H3,(H,25,28)/t19-/m0/s1. The highest BCUT2D eigenvalue weighted by Crippen LogP contribution is 2.24. The Hall–Kier alpha value is -1.95. The maximum atomic E-state index is 13.0. The van der Waals surface area contributed by atoms with Crippen molar-refractivity contribution in [3.63, 3.8) is 0 Å². The lowest BCUT2D eigenvalue weighted by Gasteiger charge is -2.30. The molecule has 0 aliphatic heterocycles. The van der Waals surface area contributed by atoms with Gasteiger partial charge in [0.1, 0.15) is 11.8 Å². The number of amides is 2. The van der Waals surface area contributed by atoms with Crippen molar-refractivity contribution in [1.29, 1.82) is 0 Å². The van der Waals surface area contributed by atoms with Crippen LogP contribution in [0.15, 0.2) is 42.5 Å². The number of nitrogens with one attached hydrogen (secondary N) is 1. The van der Waals surface area contributed by atoms with Crippen LogP contribution in [-0.2, 0) is 16.1 Å². The smallest absolute Gasteiger partial charge is 0.261 e. The Morgan fingerprint density at radius 1 is 1.03 bits per heavy atom. The molecule has 0 unspecified atom stereocenters. The van der Waals surface area contributed by atoms with E-state index in [1.54, 1.807) is 42.5 Å². The van der Waals surface area contributed by atoms with Crippen molar-refractivity contribution in [2.75, 3.05) is 13.2 Å². The molecule has 0 aromatic heterocycles. The molecule has 0 heterocycles. The van der Waals surface area contributed by atoms with Crippen molar-refractivity contribution in [3.8, 4) is 5.75 Å². The van der Waals surface area contributed by atoms with Gasteiger partial charge in [0.15, 0.2) is 6.61 Å². The van der Waals surface area contributed by atoms with Crippen LogP contribution >= 0.6 is 34.8 Å². The van der Waals surface area contributed by atoms with Gasteiger partial charge in [-0.05, 0) is 55.3 Å². The Balaban J connectivity index is 2.22. The van der Waals surface area contributed by atoms with Gasteiger partial charge in [-0.25, -0.2) is 0 Å². The van der Waals surface area contributed by atoms with Gasteiger partial charge in [-0.2, -0.15) is 0 Å². The number of hydrogen-bond donors (Lipinski definition) is 1. The molecule has 29 heavy (non-hydrogen) atoms. The molecule has 0 aliphatic rings. The van der Waals surface area contributed by atoms with Crippen LogP contribution in [0.25, 0.3) is 0 Å². The van der Waals surface area contributed by atoms with Gasteiger partial charge in [-0.15, -0.1) is 0 Å². The summed E-state index contributed by atoms with van der Waals surface area (Å²) in [4.78, 5) is 27.0. The number of benzene rings is 2. The number of halogens is 3. The summed E-state index contributed by atoms with van der Waals surface area (Å²) in [6, 6.07) is 11.1. The molecule has 2 aromatic carbocycles. The lowest BCUT2D eigenvalue weighted by molar-refractivity contribution is -0.142. The van der Waals surface area contributed by atoms with Gasteiger partial charge in [0, 0.05) is 28.2 Å². The third-order valence-corrected chi connectivity index (χ3v) is 5.11. The number of likely N-dealkylation sites (N-methyl/N-ethyl adjacent to an activating group) is 1. The first-order chi connectivity index (χ1) is 13.8. The number of carbonyl (C=O) groups excluding carboxylic acids is 2. The SMILES string of the molecule is CCNC(=O)[C@H](CC)N(Cc1ccc(Cl)cc1Cl)C(=O)COc1ccc(Cl)cc1. The van der Waals surface area contributed by atoms with E-state index in [9.17, 15) is 9.59 Å². The van der Waals surface area contributed by atoms with Crippen molar-refractivity contribution in [1.82, 2.24) is 10.2 Å². The summed E-state index contributed by atoms with van der Waals surface area (Å²) >= 11 is 18.1. The summed E-state index contributed by atoms with van der Waals surface area (Å²) in [6.07, 6.45) is 0.448. The van der Waals surface area contributed by atoms with E-state index in [0.29, 0.717) is 39.3 Å². The van der Waals surface area contributed by atoms with E-state index < -0.39 is 6.04 Å². The molecule has 0 aliphatic carbocycles. The minimum absolute atomic E-state index is 0.161. The predicted octanol–water partition coefficient (Wildman–Crippen LogP) is 4.97. The summed E-state index contributed by atoms with van der Waals surface area (Å²) in [5.41, 5.74) is 0.693. The first kappa shape index (κ1) is 23.3. The molecule has 0 bridgehead atoms. The molecule has 1 atom stereocenters. The van der Waals surface area contributed by atoms with Crippen molar-refractivity contribution < 1.29 is 14.3 Å². The second-order valence-corrected chi connectivity index (χ2v) is 7.60. The van der Waals surface area contributed by atoms with E-state index in [2.05, 4.69) is 5.32 Å². The summed E-state index contributed by atoms with van der Waals surface area (Å²) in [5, 5.41) is 4.28. The van der Waals surface area contributed by atoms with Crippen LogP contribution in [0, 0.1) is 0 Å². The van der Waals surface area contributed by atoms with E-state index in [4.69, 9.17) is 39.5 Å². The molecule has 0 saturated heterocycles. The maximum Gasteiger partial charge on any atom is 0.261 e. The molecule has 2 amide bonds. The zero-order chi connectivity index (χ0) is 21.4. The normalized spacial score (nSPS) is 11.6. The minimum Gasteiger partial charge on any atom is -0.484 e. The second kappa shape index (κ2) is 11.3. The number of ether oxygens (including phenoxy) is 1. The average molecular weight is 458 g/mol. The zero-order valence-corrected chi connectivity index (χ0v) is 18.5. The Morgan fingerprint density at radius 2 is 1.69 bits per heavy atom. The summed E-state index contributed by atoms with van der Waals surface area (Å²) in [6.45, 7) is 4.09. The Bertz CT molecular complexity index is 844. The van der Waals surface area contributed by atoms with Gasteiger partial charge in [0.05, 0.1) is 0 Å². The third kappa shape index (κ3) is 6.81.